The van der Waals surface area contributed by atoms with E-state index < -0.39 is 24.0 Å². The van der Waals surface area contributed by atoms with E-state index in [0.29, 0.717) is 13.1 Å². The van der Waals surface area contributed by atoms with Gasteiger partial charge in [-0.05, 0) is 0 Å². The SMILES string of the molecule is C=[C](CN(Cc1ccccc1)C(=O)OC(C)(C)C)[Sn]([CH2]CCC)([CH2]CCC)[CH2]CCC. The molecule has 0 aliphatic heterocycles. The summed E-state index contributed by atoms with van der Waals surface area (Å²) in [6, 6.07) is 10.3. The van der Waals surface area contributed by atoms with Crippen LogP contribution in [0.5, 0.6) is 0 Å². The molecular weight excluding hydrogens is 489 g/mol. The monoisotopic (exact) mass is 537 g/mol. The second-order valence-electron chi connectivity index (χ2n) is 10.0. The Labute approximate surface area is 196 Å². The summed E-state index contributed by atoms with van der Waals surface area (Å²) in [5.41, 5.74) is 0.637. The molecule has 0 fully saturated rings. The van der Waals surface area contributed by atoms with Crippen molar-refractivity contribution in [2.45, 2.75) is 106 Å². The standard InChI is InChI=1S/C15H20NO2.3C4H9.Sn/c1-5-11-16(14(17)18-15(2,3)4)12-13-9-7-6-8-10-13;3*1-3-4-2;/h6-10H,1,11-12H2,2-4H3;3*1,3-4H2,2H3;. The van der Waals surface area contributed by atoms with Crippen LogP contribution >= 0.6 is 0 Å². The maximum atomic E-state index is 13.2. The zero-order valence-corrected chi connectivity index (χ0v) is 24.0. The number of ether oxygens (including phenoxy) is 1. The molecule has 3 nitrogen and oxygen atoms in total. The van der Waals surface area contributed by atoms with Crippen LogP contribution in [0.25, 0.3) is 0 Å². The zero-order chi connectivity index (χ0) is 23.3. The third kappa shape index (κ3) is 10.5. The van der Waals surface area contributed by atoms with Gasteiger partial charge in [0.25, 0.3) is 0 Å². The molecule has 0 saturated carbocycles. The first-order valence-corrected chi connectivity index (χ1v) is 19.9. The molecule has 1 rings (SSSR count). The first kappa shape index (κ1) is 28.1. The summed E-state index contributed by atoms with van der Waals surface area (Å²) in [5.74, 6) is 0. The first-order valence-electron chi connectivity index (χ1n) is 12.4. The third-order valence-electron chi connectivity index (χ3n) is 6.03. The van der Waals surface area contributed by atoms with Gasteiger partial charge in [0.15, 0.2) is 0 Å². The van der Waals surface area contributed by atoms with E-state index in [1.165, 1.54) is 55.4 Å². The van der Waals surface area contributed by atoms with Gasteiger partial charge in [-0.2, -0.15) is 0 Å². The summed E-state index contributed by atoms with van der Waals surface area (Å²) in [4.78, 5) is 15.1. The average Bonchev–Trinajstić information content (AvgIpc) is 2.72. The molecule has 4 heteroatoms. The van der Waals surface area contributed by atoms with Gasteiger partial charge in [-0.25, -0.2) is 0 Å². The Morgan fingerprint density at radius 2 is 1.42 bits per heavy atom. The Kier molecular flexibility index (Phi) is 12.9. The number of hydrogen-bond acceptors (Lipinski definition) is 2. The molecule has 1 aromatic rings. The molecule has 1 amide bonds. The number of nitrogens with zero attached hydrogens (tertiary/aromatic N) is 1. The van der Waals surface area contributed by atoms with Gasteiger partial charge in [-0.15, -0.1) is 0 Å². The molecule has 0 radical (unpaired) electrons. The predicted octanol–water partition coefficient (Wildman–Crippen LogP) is 8.37. The van der Waals surface area contributed by atoms with Crippen molar-refractivity contribution in [1.29, 1.82) is 0 Å². The van der Waals surface area contributed by atoms with Crippen LogP contribution in [0.15, 0.2) is 40.5 Å². The van der Waals surface area contributed by atoms with Gasteiger partial charge in [-0.3, -0.25) is 0 Å². The molecule has 0 unspecified atom stereocenters. The van der Waals surface area contributed by atoms with Gasteiger partial charge in [0.05, 0.1) is 0 Å². The fourth-order valence-corrected chi connectivity index (χ4v) is 19.7. The minimum absolute atomic E-state index is 0.223. The predicted molar refractivity (Wildman–Crippen MR) is 137 cm³/mol. The molecule has 0 N–H and O–H groups in total. The Morgan fingerprint density at radius 3 is 1.84 bits per heavy atom. The third-order valence-corrected chi connectivity index (χ3v) is 22.0. The fraction of sp³-hybridized carbons (Fsp3) is 0.667. The molecule has 176 valence electrons. The quantitative estimate of drug-likeness (QED) is 0.224. The number of amides is 1. The van der Waals surface area contributed by atoms with Crippen LogP contribution in [0.2, 0.25) is 13.3 Å². The molecule has 0 aromatic heterocycles. The average molecular weight is 536 g/mol. The van der Waals surface area contributed by atoms with Crippen LogP contribution < -0.4 is 0 Å². The molecule has 0 heterocycles. The second-order valence-corrected chi connectivity index (χ2v) is 23.6. The molecule has 0 aliphatic carbocycles. The van der Waals surface area contributed by atoms with E-state index in [1.54, 1.807) is 0 Å². The van der Waals surface area contributed by atoms with Crippen molar-refractivity contribution in [3.05, 3.63) is 46.1 Å². The summed E-state index contributed by atoms with van der Waals surface area (Å²) in [7, 11) is 0. The Balaban J connectivity index is 3.16. The second kappa shape index (κ2) is 14.2. The number of carbonyl (C=O) groups is 1. The van der Waals surface area contributed by atoms with Gasteiger partial charge in [0, 0.05) is 0 Å². The summed E-state index contributed by atoms with van der Waals surface area (Å²) < 4.78 is 11.3. The van der Waals surface area contributed by atoms with Crippen LogP contribution in [-0.2, 0) is 11.3 Å². The van der Waals surface area contributed by atoms with E-state index in [9.17, 15) is 4.79 Å². The van der Waals surface area contributed by atoms with Crippen LogP contribution in [0.4, 0.5) is 4.79 Å². The van der Waals surface area contributed by atoms with Gasteiger partial charge in [-0.1, -0.05) is 0 Å². The Bertz CT molecular complexity index is 629. The van der Waals surface area contributed by atoms with Crippen molar-refractivity contribution in [3.8, 4) is 0 Å². The zero-order valence-electron chi connectivity index (χ0n) is 21.1. The number of rotatable bonds is 14. The van der Waals surface area contributed by atoms with E-state index in [1.807, 2.05) is 43.9 Å². The van der Waals surface area contributed by atoms with Gasteiger partial charge in [0.2, 0.25) is 0 Å². The van der Waals surface area contributed by atoms with Crippen molar-refractivity contribution in [2.24, 2.45) is 0 Å². The van der Waals surface area contributed by atoms with Crippen molar-refractivity contribution >= 4 is 24.5 Å². The van der Waals surface area contributed by atoms with E-state index in [2.05, 4.69) is 32.9 Å². The molecular formula is C27H47NO2Sn. The van der Waals surface area contributed by atoms with Crippen molar-refractivity contribution in [1.82, 2.24) is 4.90 Å². The van der Waals surface area contributed by atoms with E-state index in [0.717, 1.165) is 5.56 Å². The molecule has 31 heavy (non-hydrogen) atoms. The number of carbonyl (C=O) groups excluding carboxylic acids is 1. The van der Waals surface area contributed by atoms with Crippen LogP contribution in [0.3, 0.4) is 0 Å². The van der Waals surface area contributed by atoms with Crippen LogP contribution in [0, 0.1) is 0 Å². The summed E-state index contributed by atoms with van der Waals surface area (Å²) in [6.07, 6.45) is 7.40. The first-order chi connectivity index (χ1) is 14.7. The summed E-state index contributed by atoms with van der Waals surface area (Å²) in [5, 5.41) is 0. The fourth-order valence-electron chi connectivity index (χ4n) is 4.16. The Hall–Kier alpha value is -0.971. The van der Waals surface area contributed by atoms with Gasteiger partial charge < -0.3 is 0 Å². The van der Waals surface area contributed by atoms with E-state index in [-0.39, 0.29) is 6.09 Å². The molecule has 0 spiro atoms. The summed E-state index contributed by atoms with van der Waals surface area (Å²) in [6.45, 7) is 18.6. The summed E-state index contributed by atoms with van der Waals surface area (Å²) >= 11 is -2.61. The number of hydrogen-bond donors (Lipinski definition) is 0. The van der Waals surface area contributed by atoms with Crippen LogP contribution in [0.1, 0.15) is 85.6 Å². The number of unbranched alkanes of at least 4 members (excludes halogenated alkanes) is 3. The maximum absolute atomic E-state index is 13.2. The van der Waals surface area contributed by atoms with Crippen molar-refractivity contribution in [2.75, 3.05) is 6.54 Å². The molecule has 0 saturated heterocycles. The molecule has 0 atom stereocenters. The van der Waals surface area contributed by atoms with Crippen molar-refractivity contribution in [3.63, 3.8) is 0 Å². The topological polar surface area (TPSA) is 29.5 Å². The van der Waals surface area contributed by atoms with Crippen LogP contribution in [-0.4, -0.2) is 41.5 Å². The molecule has 1 aromatic carbocycles. The molecule has 0 aliphatic rings. The van der Waals surface area contributed by atoms with Gasteiger partial charge >= 0.3 is 197 Å². The molecule has 0 bridgehead atoms. The van der Waals surface area contributed by atoms with Crippen molar-refractivity contribution < 1.29 is 9.53 Å². The minimum atomic E-state index is -2.61. The van der Waals surface area contributed by atoms with E-state index >= 15 is 0 Å². The van der Waals surface area contributed by atoms with E-state index in [4.69, 9.17) is 11.3 Å². The van der Waals surface area contributed by atoms with Gasteiger partial charge in [0.1, 0.15) is 0 Å². The normalized spacial score (nSPS) is 11.9. The number of benzene rings is 1. The Morgan fingerprint density at radius 1 is 0.935 bits per heavy atom.